The molecule has 1 aliphatic rings. The minimum absolute atomic E-state index is 0.202. The van der Waals surface area contributed by atoms with E-state index in [0.29, 0.717) is 15.7 Å². The molecule has 1 amide bonds. The molecule has 1 aliphatic heterocycles. The van der Waals surface area contributed by atoms with Gasteiger partial charge in [0.2, 0.25) is 5.91 Å². The van der Waals surface area contributed by atoms with Crippen molar-refractivity contribution < 1.29 is 4.79 Å². The highest BCUT2D eigenvalue weighted by molar-refractivity contribution is 6.31. The van der Waals surface area contributed by atoms with Gasteiger partial charge in [0.1, 0.15) is 12.2 Å². The van der Waals surface area contributed by atoms with E-state index in [1.807, 2.05) is 31.2 Å². The van der Waals surface area contributed by atoms with E-state index < -0.39 is 6.04 Å². The van der Waals surface area contributed by atoms with Crippen LogP contribution in [0.15, 0.2) is 42.5 Å². The van der Waals surface area contributed by atoms with Crippen molar-refractivity contribution in [1.82, 2.24) is 16.4 Å². The van der Waals surface area contributed by atoms with Crippen LogP contribution in [0.1, 0.15) is 5.56 Å². The number of hydrazine groups is 2. The second-order valence-corrected chi connectivity index (χ2v) is 6.32. The maximum atomic E-state index is 12.5. The number of hydrogen-bond donors (Lipinski definition) is 5. The molecule has 2 aromatic rings. The third-order valence-electron chi connectivity index (χ3n) is 3.66. The summed E-state index contributed by atoms with van der Waals surface area (Å²) in [6.07, 6.45) is -0.357. The van der Waals surface area contributed by atoms with E-state index in [2.05, 4.69) is 27.0 Å². The number of nitrogens with one attached hydrogen (secondary N) is 5. The normalized spacial score (nSPS) is 20.0. The first-order valence-corrected chi connectivity index (χ1v) is 8.14. The van der Waals surface area contributed by atoms with Gasteiger partial charge < -0.3 is 10.6 Å². The van der Waals surface area contributed by atoms with Crippen LogP contribution in [0.25, 0.3) is 0 Å². The monoisotopic (exact) mass is 365 g/mol. The summed E-state index contributed by atoms with van der Waals surface area (Å²) in [7, 11) is 0. The fourth-order valence-corrected chi connectivity index (χ4v) is 2.72. The van der Waals surface area contributed by atoms with E-state index in [9.17, 15) is 4.79 Å². The number of anilines is 2. The smallest absolute Gasteiger partial charge is 0.246 e. The number of carbonyl (C=O) groups excluding carboxylic acids is 1. The fourth-order valence-electron chi connectivity index (χ4n) is 2.35. The second-order valence-electron chi connectivity index (χ2n) is 5.48. The summed E-state index contributed by atoms with van der Waals surface area (Å²) in [5.74, 6) is -0.202. The van der Waals surface area contributed by atoms with Crippen LogP contribution >= 0.6 is 23.2 Å². The minimum Gasteiger partial charge on any atom is -0.367 e. The van der Waals surface area contributed by atoms with Crippen molar-refractivity contribution in [1.29, 1.82) is 0 Å². The van der Waals surface area contributed by atoms with Crippen LogP contribution in [0, 0.1) is 6.92 Å². The lowest BCUT2D eigenvalue weighted by Crippen LogP contribution is -2.47. The van der Waals surface area contributed by atoms with Gasteiger partial charge in [0.25, 0.3) is 0 Å². The molecule has 2 unspecified atom stereocenters. The van der Waals surface area contributed by atoms with Crippen LogP contribution in [0.4, 0.5) is 11.4 Å². The molecule has 3 rings (SSSR count). The highest BCUT2D eigenvalue weighted by atomic mass is 35.5. The molecule has 0 spiro atoms. The number of rotatable bonds is 4. The number of benzene rings is 2. The molecule has 126 valence electrons. The molecule has 0 aromatic heterocycles. The zero-order valence-electron chi connectivity index (χ0n) is 12.9. The zero-order valence-corrected chi connectivity index (χ0v) is 14.4. The van der Waals surface area contributed by atoms with Gasteiger partial charge in [0.15, 0.2) is 0 Å². The molecule has 0 saturated carbocycles. The van der Waals surface area contributed by atoms with Crippen LogP contribution in [0.5, 0.6) is 0 Å². The van der Waals surface area contributed by atoms with Crippen molar-refractivity contribution in [3.05, 3.63) is 58.1 Å². The molecule has 5 N–H and O–H groups in total. The number of halogens is 2. The Balaban J connectivity index is 1.68. The molecule has 1 saturated heterocycles. The van der Waals surface area contributed by atoms with Gasteiger partial charge in [-0.05, 0) is 42.8 Å². The van der Waals surface area contributed by atoms with Gasteiger partial charge in [-0.1, -0.05) is 35.3 Å². The summed E-state index contributed by atoms with van der Waals surface area (Å²) in [4.78, 5) is 12.5. The zero-order chi connectivity index (χ0) is 17.1. The Hall–Kier alpha value is -1.83. The third-order valence-corrected chi connectivity index (χ3v) is 4.30. The van der Waals surface area contributed by atoms with E-state index in [4.69, 9.17) is 23.2 Å². The average molecular weight is 366 g/mol. The van der Waals surface area contributed by atoms with Crippen molar-refractivity contribution in [2.45, 2.75) is 19.1 Å². The lowest BCUT2D eigenvalue weighted by atomic mass is 10.2. The van der Waals surface area contributed by atoms with Crippen LogP contribution in [-0.4, -0.2) is 18.1 Å². The predicted molar refractivity (Wildman–Crippen MR) is 96.9 cm³/mol. The van der Waals surface area contributed by atoms with Crippen molar-refractivity contribution in [3.63, 3.8) is 0 Å². The fraction of sp³-hybridized carbons (Fsp3) is 0.188. The summed E-state index contributed by atoms with van der Waals surface area (Å²) in [5.41, 5.74) is 11.0. The van der Waals surface area contributed by atoms with Gasteiger partial charge in [-0.3, -0.25) is 4.79 Å². The SMILES string of the molecule is Cc1ccc(NC(=O)C2NNNC2Nc2cccc(Cl)c2)cc1Cl. The lowest BCUT2D eigenvalue weighted by molar-refractivity contribution is -0.118. The topological polar surface area (TPSA) is 77.2 Å². The lowest BCUT2D eigenvalue weighted by Gasteiger charge is -2.20. The van der Waals surface area contributed by atoms with Crippen molar-refractivity contribution in [3.8, 4) is 0 Å². The molecule has 6 nitrogen and oxygen atoms in total. The molecule has 1 fully saturated rings. The van der Waals surface area contributed by atoms with Gasteiger partial charge in [0.05, 0.1) is 0 Å². The molecule has 0 aliphatic carbocycles. The first-order valence-electron chi connectivity index (χ1n) is 7.38. The predicted octanol–water partition coefficient (Wildman–Crippen LogP) is 2.66. The Morgan fingerprint density at radius 2 is 1.92 bits per heavy atom. The number of aryl methyl sites for hydroxylation is 1. The maximum Gasteiger partial charge on any atom is 0.246 e. The van der Waals surface area contributed by atoms with Gasteiger partial charge in [-0.25, -0.2) is 10.9 Å². The summed E-state index contributed by atoms with van der Waals surface area (Å²) >= 11 is 12.1. The summed E-state index contributed by atoms with van der Waals surface area (Å²) in [6.45, 7) is 1.91. The molecule has 0 radical (unpaired) electrons. The number of carbonyl (C=O) groups is 1. The Labute approximate surface area is 149 Å². The highest BCUT2D eigenvalue weighted by Crippen LogP contribution is 2.21. The molecule has 1 heterocycles. The van der Waals surface area contributed by atoms with E-state index >= 15 is 0 Å². The van der Waals surface area contributed by atoms with E-state index in [-0.39, 0.29) is 12.1 Å². The van der Waals surface area contributed by atoms with Crippen LogP contribution in [0.2, 0.25) is 10.0 Å². The largest absolute Gasteiger partial charge is 0.367 e. The van der Waals surface area contributed by atoms with Gasteiger partial charge in [-0.2, -0.15) is 5.53 Å². The Kier molecular flexibility index (Phi) is 5.23. The first-order chi connectivity index (χ1) is 11.5. The Morgan fingerprint density at radius 3 is 2.67 bits per heavy atom. The summed E-state index contributed by atoms with van der Waals surface area (Å²) < 4.78 is 0. The standard InChI is InChI=1S/C16H17Cl2N5O/c1-9-5-6-12(8-13(9)18)20-16(24)14-15(22-23-21-14)19-11-4-2-3-10(17)7-11/h2-8,14-15,19,21-23H,1H3,(H,20,24). The maximum absolute atomic E-state index is 12.5. The highest BCUT2D eigenvalue weighted by Gasteiger charge is 2.32. The molecule has 8 heteroatoms. The van der Waals surface area contributed by atoms with Gasteiger partial charge in [0, 0.05) is 21.4 Å². The van der Waals surface area contributed by atoms with E-state index in [0.717, 1.165) is 11.3 Å². The quantitative estimate of drug-likeness (QED) is 0.575. The van der Waals surface area contributed by atoms with Crippen LogP contribution < -0.4 is 27.0 Å². The van der Waals surface area contributed by atoms with E-state index in [1.54, 1.807) is 18.2 Å². The molecule has 2 aromatic carbocycles. The minimum atomic E-state index is -0.538. The van der Waals surface area contributed by atoms with Crippen molar-refractivity contribution >= 4 is 40.5 Å². The van der Waals surface area contributed by atoms with E-state index in [1.165, 1.54) is 0 Å². The first kappa shape index (κ1) is 17.0. The molecular weight excluding hydrogens is 349 g/mol. The molecule has 2 atom stereocenters. The molecule has 0 bridgehead atoms. The third kappa shape index (κ3) is 3.98. The molecule has 24 heavy (non-hydrogen) atoms. The van der Waals surface area contributed by atoms with Crippen molar-refractivity contribution in [2.75, 3.05) is 10.6 Å². The number of amides is 1. The number of hydrogen-bond acceptors (Lipinski definition) is 5. The second kappa shape index (κ2) is 7.38. The van der Waals surface area contributed by atoms with Crippen LogP contribution in [0.3, 0.4) is 0 Å². The van der Waals surface area contributed by atoms with Gasteiger partial charge in [-0.15, -0.1) is 0 Å². The average Bonchev–Trinajstić information content (AvgIpc) is 2.99. The van der Waals surface area contributed by atoms with Gasteiger partial charge >= 0.3 is 0 Å². The summed E-state index contributed by atoms with van der Waals surface area (Å²) in [5, 5.41) is 7.29. The summed E-state index contributed by atoms with van der Waals surface area (Å²) in [6, 6.07) is 12.2. The Bertz CT molecular complexity index is 755. The van der Waals surface area contributed by atoms with Crippen molar-refractivity contribution in [2.24, 2.45) is 0 Å². The molecular formula is C16H17Cl2N5O. The van der Waals surface area contributed by atoms with Crippen LogP contribution in [-0.2, 0) is 4.79 Å². The Morgan fingerprint density at radius 1 is 1.08 bits per heavy atom.